The van der Waals surface area contributed by atoms with Crippen LogP contribution >= 0.6 is 0 Å². The molecule has 0 spiro atoms. The van der Waals surface area contributed by atoms with E-state index in [-0.39, 0.29) is 5.82 Å². The molecule has 1 aliphatic carbocycles. The molecule has 0 radical (unpaired) electrons. The summed E-state index contributed by atoms with van der Waals surface area (Å²) >= 11 is 0. The maximum absolute atomic E-state index is 14.1. The zero-order chi connectivity index (χ0) is 15.2. The van der Waals surface area contributed by atoms with Gasteiger partial charge in [0.2, 0.25) is 0 Å². The van der Waals surface area contributed by atoms with Gasteiger partial charge in [-0.3, -0.25) is 4.90 Å². The summed E-state index contributed by atoms with van der Waals surface area (Å²) in [4.78, 5) is 2.35. The maximum atomic E-state index is 14.1. The first-order valence-electron chi connectivity index (χ1n) is 7.80. The Kier molecular flexibility index (Phi) is 6.15. The molecule has 1 unspecified atom stereocenters. The Balaban J connectivity index is 2.08. The lowest BCUT2D eigenvalue weighted by Gasteiger charge is -2.29. The van der Waals surface area contributed by atoms with Gasteiger partial charge in [-0.25, -0.2) is 4.39 Å². The van der Waals surface area contributed by atoms with Gasteiger partial charge in [0.05, 0.1) is 6.61 Å². The van der Waals surface area contributed by atoms with Gasteiger partial charge in [0.25, 0.3) is 0 Å². The van der Waals surface area contributed by atoms with Gasteiger partial charge >= 0.3 is 0 Å². The average Bonchev–Trinajstić information content (AvgIpc) is 3.31. The van der Waals surface area contributed by atoms with Gasteiger partial charge in [-0.05, 0) is 44.4 Å². The van der Waals surface area contributed by atoms with Crippen molar-refractivity contribution in [2.45, 2.75) is 38.9 Å². The van der Waals surface area contributed by atoms with Gasteiger partial charge in [-0.1, -0.05) is 12.1 Å². The van der Waals surface area contributed by atoms with Gasteiger partial charge in [0, 0.05) is 38.3 Å². The summed E-state index contributed by atoms with van der Waals surface area (Å²) in [5.41, 5.74) is 1.91. The lowest BCUT2D eigenvalue weighted by atomic mass is 10.1. The molecule has 0 amide bonds. The summed E-state index contributed by atoms with van der Waals surface area (Å²) in [5.74, 6) is 0.658. The third-order valence-corrected chi connectivity index (χ3v) is 4.33. The van der Waals surface area contributed by atoms with Gasteiger partial charge in [0.1, 0.15) is 5.82 Å². The molecule has 0 aromatic heterocycles. The molecule has 1 N–H and O–H groups in total. The van der Waals surface area contributed by atoms with Crippen LogP contribution < -0.4 is 5.32 Å². The molecule has 21 heavy (non-hydrogen) atoms. The maximum Gasteiger partial charge on any atom is 0.127 e. The quantitative estimate of drug-likeness (QED) is 0.758. The molecule has 0 heterocycles. The second kappa shape index (κ2) is 7.87. The Morgan fingerprint density at radius 3 is 2.81 bits per heavy atom. The Morgan fingerprint density at radius 1 is 1.43 bits per heavy atom. The van der Waals surface area contributed by atoms with E-state index in [1.807, 2.05) is 19.2 Å². The van der Waals surface area contributed by atoms with Gasteiger partial charge in [-0.15, -0.1) is 0 Å². The molecule has 4 heteroatoms. The van der Waals surface area contributed by atoms with Crippen molar-refractivity contribution >= 4 is 0 Å². The van der Waals surface area contributed by atoms with Crippen LogP contribution in [-0.4, -0.2) is 38.3 Å². The van der Waals surface area contributed by atoms with Crippen molar-refractivity contribution in [1.82, 2.24) is 10.2 Å². The van der Waals surface area contributed by atoms with Crippen molar-refractivity contribution in [2.24, 2.45) is 5.92 Å². The van der Waals surface area contributed by atoms with Crippen LogP contribution in [-0.2, 0) is 17.8 Å². The third-order valence-electron chi connectivity index (χ3n) is 4.33. The van der Waals surface area contributed by atoms with Crippen molar-refractivity contribution in [3.63, 3.8) is 0 Å². The lowest BCUT2D eigenvalue weighted by molar-refractivity contribution is 0.111. The van der Waals surface area contributed by atoms with Crippen molar-refractivity contribution < 1.29 is 9.13 Å². The van der Waals surface area contributed by atoms with E-state index in [9.17, 15) is 4.39 Å². The Bertz CT molecular complexity index is 448. The predicted octanol–water partition coefficient (Wildman–Crippen LogP) is 2.79. The van der Waals surface area contributed by atoms with Crippen LogP contribution in [0.15, 0.2) is 18.2 Å². The lowest BCUT2D eigenvalue weighted by Crippen LogP contribution is -2.37. The van der Waals surface area contributed by atoms with Gasteiger partial charge in [0.15, 0.2) is 0 Å². The van der Waals surface area contributed by atoms with Crippen LogP contribution in [0.3, 0.4) is 0 Å². The summed E-state index contributed by atoms with van der Waals surface area (Å²) in [6, 6.07) is 5.90. The summed E-state index contributed by atoms with van der Waals surface area (Å²) in [6.45, 7) is 5.22. The number of halogens is 1. The van der Waals surface area contributed by atoms with Crippen LogP contribution in [0.25, 0.3) is 0 Å². The van der Waals surface area contributed by atoms with Gasteiger partial charge in [-0.2, -0.15) is 0 Å². The van der Waals surface area contributed by atoms with Crippen molar-refractivity contribution in [3.8, 4) is 0 Å². The van der Waals surface area contributed by atoms with Crippen LogP contribution in [0.5, 0.6) is 0 Å². The van der Waals surface area contributed by atoms with Crippen molar-refractivity contribution in [2.75, 3.05) is 27.3 Å². The molecule has 0 aliphatic heterocycles. The monoisotopic (exact) mass is 294 g/mol. The molecule has 118 valence electrons. The minimum absolute atomic E-state index is 0.111. The second-order valence-electron chi connectivity index (χ2n) is 6.00. The zero-order valence-corrected chi connectivity index (χ0v) is 13.4. The highest BCUT2D eigenvalue weighted by atomic mass is 19.1. The first kappa shape index (κ1) is 16.4. The fourth-order valence-corrected chi connectivity index (χ4v) is 2.79. The smallest absolute Gasteiger partial charge is 0.127 e. The number of nitrogens with one attached hydrogen (secondary N) is 1. The van der Waals surface area contributed by atoms with E-state index in [1.165, 1.54) is 12.8 Å². The van der Waals surface area contributed by atoms with Crippen LogP contribution in [0.1, 0.15) is 30.9 Å². The Morgan fingerprint density at radius 2 is 2.19 bits per heavy atom. The van der Waals surface area contributed by atoms with E-state index in [4.69, 9.17) is 4.74 Å². The highest BCUT2D eigenvalue weighted by Crippen LogP contribution is 2.35. The van der Waals surface area contributed by atoms with E-state index in [2.05, 4.69) is 17.1 Å². The van der Waals surface area contributed by atoms with E-state index in [1.54, 1.807) is 13.2 Å². The first-order valence-corrected chi connectivity index (χ1v) is 7.80. The Labute approximate surface area is 127 Å². The minimum atomic E-state index is -0.111. The first-order chi connectivity index (χ1) is 10.2. The fraction of sp³-hybridized carbons (Fsp3) is 0.647. The third kappa shape index (κ3) is 4.77. The molecule has 0 bridgehead atoms. The van der Waals surface area contributed by atoms with E-state index < -0.39 is 0 Å². The van der Waals surface area contributed by atoms with Crippen LogP contribution in [0.4, 0.5) is 4.39 Å². The van der Waals surface area contributed by atoms with Gasteiger partial charge < -0.3 is 10.1 Å². The molecule has 1 aromatic rings. The number of nitrogens with zero attached hydrogens (tertiary/aromatic N) is 1. The molecular formula is C17H27FN2O. The second-order valence-corrected chi connectivity index (χ2v) is 6.00. The summed E-state index contributed by atoms with van der Waals surface area (Å²) in [5, 5.41) is 3.11. The average molecular weight is 294 g/mol. The highest BCUT2D eigenvalue weighted by Gasteiger charge is 2.32. The number of methoxy groups -OCH3 is 1. The number of rotatable bonds is 9. The number of ether oxygens (including phenoxy) is 1. The summed E-state index contributed by atoms with van der Waals surface area (Å²) in [6.07, 6.45) is 2.60. The molecule has 1 aliphatic rings. The molecular weight excluding hydrogens is 267 g/mol. The molecule has 1 saturated carbocycles. The van der Waals surface area contributed by atoms with Crippen LogP contribution in [0.2, 0.25) is 0 Å². The molecule has 1 fully saturated rings. The molecule has 0 saturated heterocycles. The molecule has 1 aromatic carbocycles. The highest BCUT2D eigenvalue weighted by molar-refractivity contribution is 5.25. The normalized spacial score (nSPS) is 16.4. The number of benzene rings is 1. The Hall–Kier alpha value is -0.970. The zero-order valence-electron chi connectivity index (χ0n) is 13.4. The largest absolute Gasteiger partial charge is 0.383 e. The summed E-state index contributed by atoms with van der Waals surface area (Å²) in [7, 11) is 3.62. The standard InChI is InChI=1S/C17H27FN2O/c1-13(15-5-6-15)20(8-9-21-3)12-16-10-14(11-19-2)4-7-17(16)18/h4,7,10,13,15,19H,5-6,8-9,11-12H2,1-3H3. The number of hydrogen-bond acceptors (Lipinski definition) is 3. The van der Waals surface area contributed by atoms with Crippen LogP contribution in [0, 0.1) is 11.7 Å². The molecule has 1 atom stereocenters. The molecule has 2 rings (SSSR count). The van der Waals surface area contributed by atoms with Crippen molar-refractivity contribution in [1.29, 1.82) is 0 Å². The summed E-state index contributed by atoms with van der Waals surface area (Å²) < 4.78 is 19.3. The van der Waals surface area contributed by atoms with Crippen molar-refractivity contribution in [3.05, 3.63) is 35.1 Å². The molecule has 3 nitrogen and oxygen atoms in total. The SMILES string of the molecule is CNCc1ccc(F)c(CN(CCOC)C(C)C2CC2)c1. The predicted molar refractivity (Wildman–Crippen MR) is 83.6 cm³/mol. The van der Waals surface area contributed by atoms with E-state index >= 15 is 0 Å². The fourth-order valence-electron chi connectivity index (χ4n) is 2.79. The van der Waals surface area contributed by atoms with E-state index in [0.29, 0.717) is 19.2 Å². The topological polar surface area (TPSA) is 24.5 Å². The van der Waals surface area contributed by atoms with E-state index in [0.717, 1.165) is 30.1 Å². The number of hydrogen-bond donors (Lipinski definition) is 1. The minimum Gasteiger partial charge on any atom is -0.383 e.